The van der Waals surface area contributed by atoms with Gasteiger partial charge in [-0.15, -0.1) is 0 Å². The topological polar surface area (TPSA) is 37.4 Å². The molecule has 1 saturated carbocycles. The van der Waals surface area contributed by atoms with E-state index in [-0.39, 0.29) is 6.10 Å². The highest BCUT2D eigenvalue weighted by Gasteiger charge is 2.21. The first-order valence-electron chi connectivity index (χ1n) is 7.44. The molecule has 1 aliphatic heterocycles. The van der Waals surface area contributed by atoms with Crippen molar-refractivity contribution in [2.45, 2.75) is 44.4 Å². The highest BCUT2D eigenvalue weighted by atomic mass is 35.5. The van der Waals surface area contributed by atoms with Crippen LogP contribution in [0.15, 0.2) is 12.3 Å². The van der Waals surface area contributed by atoms with Crippen molar-refractivity contribution >= 4 is 11.6 Å². The molecule has 1 aromatic heterocycles. The summed E-state index contributed by atoms with van der Waals surface area (Å²) in [6.45, 7) is 2.99. The van der Waals surface area contributed by atoms with Crippen molar-refractivity contribution < 1.29 is 4.74 Å². The van der Waals surface area contributed by atoms with E-state index in [1.165, 1.54) is 12.8 Å². The van der Waals surface area contributed by atoms with Gasteiger partial charge in [-0.25, -0.2) is 4.98 Å². The fourth-order valence-corrected chi connectivity index (χ4v) is 2.69. The second-order valence-corrected chi connectivity index (χ2v) is 6.31. The molecule has 0 aromatic carbocycles. The predicted molar refractivity (Wildman–Crippen MR) is 80.3 cm³/mol. The van der Waals surface area contributed by atoms with Crippen LogP contribution in [0, 0.1) is 0 Å². The summed E-state index contributed by atoms with van der Waals surface area (Å²) >= 11 is 6.28. The molecular formula is C15H22ClN3O. The summed E-state index contributed by atoms with van der Waals surface area (Å²) in [7, 11) is 2.14. The zero-order chi connectivity index (χ0) is 13.9. The van der Waals surface area contributed by atoms with E-state index in [4.69, 9.17) is 16.3 Å². The Hall–Kier alpha value is -0.840. The zero-order valence-electron chi connectivity index (χ0n) is 11.9. The van der Waals surface area contributed by atoms with Crippen molar-refractivity contribution in [1.29, 1.82) is 0 Å². The molecule has 2 fully saturated rings. The summed E-state index contributed by atoms with van der Waals surface area (Å²) in [6, 6.07) is 2.66. The van der Waals surface area contributed by atoms with Gasteiger partial charge in [0, 0.05) is 31.9 Å². The van der Waals surface area contributed by atoms with Crippen molar-refractivity contribution in [3.05, 3.63) is 22.8 Å². The average Bonchev–Trinajstić information content (AvgIpc) is 3.26. The van der Waals surface area contributed by atoms with E-state index in [0.717, 1.165) is 38.0 Å². The van der Waals surface area contributed by atoms with E-state index in [1.54, 1.807) is 0 Å². The molecule has 1 saturated heterocycles. The number of rotatable bonds is 5. The lowest BCUT2D eigenvalue weighted by atomic mass is 10.1. The minimum absolute atomic E-state index is 0.242. The summed E-state index contributed by atoms with van der Waals surface area (Å²) in [6.07, 6.45) is 6.77. The fourth-order valence-electron chi connectivity index (χ4n) is 2.46. The third kappa shape index (κ3) is 3.84. The summed E-state index contributed by atoms with van der Waals surface area (Å²) in [4.78, 5) is 6.70. The molecule has 0 amide bonds. The average molecular weight is 296 g/mol. The number of likely N-dealkylation sites (tertiary alicyclic amines) is 1. The Morgan fingerprint density at radius 3 is 2.75 bits per heavy atom. The quantitative estimate of drug-likeness (QED) is 0.905. The monoisotopic (exact) mass is 295 g/mol. The highest BCUT2D eigenvalue weighted by molar-refractivity contribution is 6.31. The molecule has 5 heteroatoms. The van der Waals surface area contributed by atoms with Crippen LogP contribution in [0.3, 0.4) is 0 Å². The third-order valence-corrected chi connectivity index (χ3v) is 4.25. The van der Waals surface area contributed by atoms with E-state index < -0.39 is 0 Å². The van der Waals surface area contributed by atoms with Gasteiger partial charge in [-0.3, -0.25) is 0 Å². The highest BCUT2D eigenvalue weighted by Crippen LogP contribution is 2.26. The van der Waals surface area contributed by atoms with Gasteiger partial charge in [-0.05, 0) is 44.4 Å². The molecule has 0 bridgehead atoms. The second-order valence-electron chi connectivity index (χ2n) is 5.91. The van der Waals surface area contributed by atoms with Crippen LogP contribution in [0.2, 0.25) is 5.02 Å². The van der Waals surface area contributed by atoms with Gasteiger partial charge in [0.1, 0.15) is 11.1 Å². The van der Waals surface area contributed by atoms with Crippen LogP contribution in [0.5, 0.6) is 5.88 Å². The molecule has 20 heavy (non-hydrogen) atoms. The van der Waals surface area contributed by atoms with Crippen LogP contribution in [-0.2, 0) is 6.54 Å². The van der Waals surface area contributed by atoms with Gasteiger partial charge in [0.05, 0.1) is 0 Å². The van der Waals surface area contributed by atoms with Crippen molar-refractivity contribution in [2.75, 3.05) is 20.1 Å². The Morgan fingerprint density at radius 1 is 1.35 bits per heavy atom. The summed E-state index contributed by atoms with van der Waals surface area (Å²) in [5.74, 6) is 0.580. The van der Waals surface area contributed by atoms with Crippen LogP contribution in [0.25, 0.3) is 0 Å². The van der Waals surface area contributed by atoms with Crippen LogP contribution in [0.4, 0.5) is 0 Å². The Labute approximate surface area is 125 Å². The SMILES string of the molecule is CN1CCC(Oc2ncc(CNC3CC3)cc2Cl)CC1. The first kappa shape index (κ1) is 14.1. The largest absolute Gasteiger partial charge is 0.473 e. The summed E-state index contributed by atoms with van der Waals surface area (Å²) in [5, 5.41) is 4.08. The predicted octanol–water partition coefficient (Wildman–Crippen LogP) is 2.46. The van der Waals surface area contributed by atoms with Crippen LogP contribution < -0.4 is 10.1 Å². The van der Waals surface area contributed by atoms with E-state index in [2.05, 4.69) is 22.2 Å². The van der Waals surface area contributed by atoms with Crippen LogP contribution in [0.1, 0.15) is 31.2 Å². The van der Waals surface area contributed by atoms with Crippen LogP contribution >= 0.6 is 11.6 Å². The molecule has 0 atom stereocenters. The number of piperidine rings is 1. The molecule has 110 valence electrons. The lowest BCUT2D eigenvalue weighted by Crippen LogP contribution is -2.35. The number of hydrogen-bond donors (Lipinski definition) is 1. The standard InChI is InChI=1S/C15H22ClN3O/c1-19-6-4-13(5-7-19)20-15-14(16)8-11(10-18-15)9-17-12-2-3-12/h8,10,12-13,17H,2-7,9H2,1H3. The number of ether oxygens (including phenoxy) is 1. The molecule has 0 radical (unpaired) electrons. The van der Waals surface area contributed by atoms with Gasteiger partial charge >= 0.3 is 0 Å². The first-order chi connectivity index (χ1) is 9.70. The van der Waals surface area contributed by atoms with Gasteiger partial charge in [0.15, 0.2) is 0 Å². The van der Waals surface area contributed by atoms with Crippen molar-refractivity contribution in [3.63, 3.8) is 0 Å². The molecule has 4 nitrogen and oxygen atoms in total. The first-order valence-corrected chi connectivity index (χ1v) is 7.81. The molecule has 2 aliphatic rings. The van der Waals surface area contributed by atoms with Crippen molar-refractivity contribution in [3.8, 4) is 5.88 Å². The maximum Gasteiger partial charge on any atom is 0.232 e. The van der Waals surface area contributed by atoms with Gasteiger partial charge in [0.2, 0.25) is 5.88 Å². The summed E-state index contributed by atoms with van der Waals surface area (Å²) in [5.41, 5.74) is 1.12. The number of hydrogen-bond acceptors (Lipinski definition) is 4. The van der Waals surface area contributed by atoms with Gasteiger partial charge in [0.25, 0.3) is 0 Å². The normalized spacial score (nSPS) is 21.1. The maximum absolute atomic E-state index is 6.28. The maximum atomic E-state index is 6.28. The van der Waals surface area contributed by atoms with Gasteiger partial charge in [-0.1, -0.05) is 11.6 Å². The Kier molecular flexibility index (Phi) is 4.44. The molecular weight excluding hydrogens is 274 g/mol. The minimum atomic E-state index is 0.242. The van der Waals surface area contributed by atoms with E-state index in [9.17, 15) is 0 Å². The molecule has 0 unspecified atom stereocenters. The van der Waals surface area contributed by atoms with E-state index >= 15 is 0 Å². The van der Waals surface area contributed by atoms with Crippen molar-refractivity contribution in [1.82, 2.24) is 15.2 Å². The lowest BCUT2D eigenvalue weighted by molar-refractivity contribution is 0.110. The molecule has 1 N–H and O–H groups in total. The number of nitrogens with zero attached hydrogens (tertiary/aromatic N) is 2. The Bertz CT molecular complexity index is 456. The zero-order valence-corrected chi connectivity index (χ0v) is 12.7. The molecule has 1 aliphatic carbocycles. The molecule has 3 rings (SSSR count). The molecule has 0 spiro atoms. The third-order valence-electron chi connectivity index (χ3n) is 3.98. The smallest absolute Gasteiger partial charge is 0.232 e. The Morgan fingerprint density at radius 2 is 2.10 bits per heavy atom. The number of halogens is 1. The number of pyridine rings is 1. The van der Waals surface area contributed by atoms with Crippen LogP contribution in [-0.4, -0.2) is 42.2 Å². The lowest BCUT2D eigenvalue weighted by Gasteiger charge is -2.29. The Balaban J connectivity index is 1.55. The van der Waals surface area contributed by atoms with E-state index in [1.807, 2.05) is 12.3 Å². The minimum Gasteiger partial charge on any atom is -0.473 e. The van der Waals surface area contributed by atoms with Gasteiger partial charge < -0.3 is 15.0 Å². The second kappa shape index (κ2) is 6.29. The fraction of sp³-hybridized carbons (Fsp3) is 0.667. The summed E-state index contributed by atoms with van der Waals surface area (Å²) < 4.78 is 5.94. The number of nitrogens with one attached hydrogen (secondary N) is 1. The molecule has 1 aromatic rings. The van der Waals surface area contributed by atoms with Gasteiger partial charge in [-0.2, -0.15) is 0 Å². The van der Waals surface area contributed by atoms with E-state index in [0.29, 0.717) is 16.9 Å². The molecule has 2 heterocycles. The van der Waals surface area contributed by atoms with Crippen molar-refractivity contribution in [2.24, 2.45) is 0 Å². The number of aromatic nitrogens is 1.